The smallest absolute Gasteiger partial charge is 0.303 e. The monoisotopic (exact) mass is 252 g/mol. The van der Waals surface area contributed by atoms with Crippen LogP contribution < -0.4 is 0 Å². The number of unbranched alkanes of at least 4 members (excludes halogenated alkanes) is 1. The van der Waals surface area contributed by atoms with Gasteiger partial charge in [-0.05, 0) is 44.9 Å². The number of hydrogen-bond acceptors (Lipinski definition) is 2. The molecule has 0 unspecified atom stereocenters. The summed E-state index contributed by atoms with van der Waals surface area (Å²) in [5, 5.41) is 18.4. The van der Waals surface area contributed by atoms with Crippen molar-refractivity contribution in [3.8, 4) is 0 Å². The molecule has 1 aliphatic rings. The molecule has 0 aromatic heterocycles. The Kier molecular flexibility index (Phi) is 6.73. The Bertz CT molecular complexity index is 307. The molecule has 0 bridgehead atoms. The lowest BCUT2D eigenvalue weighted by molar-refractivity contribution is -0.137. The number of hydrogen-bond donors (Lipinski definition) is 2. The van der Waals surface area contributed by atoms with E-state index in [2.05, 4.69) is 18.2 Å². The predicted octanol–water partition coefficient (Wildman–Crippen LogP) is 3.15. The summed E-state index contributed by atoms with van der Waals surface area (Å²) in [6.07, 6.45) is 12.9. The van der Waals surface area contributed by atoms with Crippen LogP contribution >= 0.6 is 0 Å². The van der Waals surface area contributed by atoms with E-state index in [0.717, 1.165) is 25.7 Å². The lowest BCUT2D eigenvalue weighted by Crippen LogP contribution is -2.16. The number of aliphatic carboxylic acids is 1. The molecule has 0 spiro atoms. The molecule has 1 fully saturated rings. The van der Waals surface area contributed by atoms with Gasteiger partial charge in [0.1, 0.15) is 0 Å². The number of carboxylic acids is 1. The molecule has 3 nitrogen and oxygen atoms in total. The first kappa shape index (κ1) is 15.0. The van der Waals surface area contributed by atoms with Gasteiger partial charge < -0.3 is 10.2 Å². The van der Waals surface area contributed by atoms with E-state index in [1.165, 1.54) is 0 Å². The van der Waals surface area contributed by atoms with Crippen LogP contribution in [0.3, 0.4) is 0 Å². The maximum absolute atomic E-state index is 10.3. The number of carbonyl (C=O) groups is 1. The Balaban J connectivity index is 2.25. The van der Waals surface area contributed by atoms with Gasteiger partial charge in [-0.1, -0.05) is 24.3 Å². The molecule has 0 aliphatic heterocycles. The SMILES string of the molecule is C/C=C/[C@@H]1[C@@H](C/C=C\CCCC(=O)O)CC[C@H]1O. The third-order valence-corrected chi connectivity index (χ3v) is 3.60. The molecule has 3 heteroatoms. The highest BCUT2D eigenvalue weighted by molar-refractivity contribution is 5.66. The van der Waals surface area contributed by atoms with Crippen molar-refractivity contribution in [1.29, 1.82) is 0 Å². The Morgan fingerprint density at radius 1 is 1.33 bits per heavy atom. The van der Waals surface area contributed by atoms with Crippen molar-refractivity contribution in [3.05, 3.63) is 24.3 Å². The van der Waals surface area contributed by atoms with Crippen LogP contribution in [0.4, 0.5) is 0 Å². The quantitative estimate of drug-likeness (QED) is 0.540. The maximum Gasteiger partial charge on any atom is 0.303 e. The van der Waals surface area contributed by atoms with Crippen molar-refractivity contribution >= 4 is 5.97 Å². The van der Waals surface area contributed by atoms with E-state index in [9.17, 15) is 9.90 Å². The molecule has 0 heterocycles. The van der Waals surface area contributed by atoms with Gasteiger partial charge in [-0.25, -0.2) is 0 Å². The lowest BCUT2D eigenvalue weighted by Gasteiger charge is -2.16. The second-order valence-corrected chi connectivity index (χ2v) is 5.00. The molecule has 0 saturated heterocycles. The van der Waals surface area contributed by atoms with Crippen molar-refractivity contribution < 1.29 is 15.0 Å². The van der Waals surface area contributed by atoms with Crippen molar-refractivity contribution in [3.63, 3.8) is 0 Å². The molecular formula is C15H24O3. The normalized spacial score (nSPS) is 28.4. The van der Waals surface area contributed by atoms with Crippen LogP contribution in [0.25, 0.3) is 0 Å². The molecule has 0 aromatic rings. The summed E-state index contributed by atoms with van der Waals surface area (Å²) in [5.41, 5.74) is 0. The second kappa shape index (κ2) is 8.09. The summed E-state index contributed by atoms with van der Waals surface area (Å²) in [6, 6.07) is 0. The van der Waals surface area contributed by atoms with E-state index in [-0.39, 0.29) is 12.5 Å². The Morgan fingerprint density at radius 3 is 2.78 bits per heavy atom. The fourth-order valence-corrected chi connectivity index (χ4v) is 2.63. The standard InChI is InChI=1S/C15H24O3/c1-2-7-13-12(10-11-14(13)16)8-5-3-4-6-9-15(17)18/h2-3,5,7,12-14,16H,4,6,8-11H2,1H3,(H,17,18)/b5-3-,7-2+/t12-,13+,14+/m0/s1. The molecule has 0 amide bonds. The molecular weight excluding hydrogens is 228 g/mol. The van der Waals surface area contributed by atoms with Crippen LogP contribution in [0.2, 0.25) is 0 Å². The summed E-state index contributed by atoms with van der Waals surface area (Å²) in [4.78, 5) is 10.3. The van der Waals surface area contributed by atoms with Gasteiger partial charge in [-0.3, -0.25) is 4.79 Å². The summed E-state index contributed by atoms with van der Waals surface area (Å²) in [6.45, 7) is 1.99. The summed E-state index contributed by atoms with van der Waals surface area (Å²) >= 11 is 0. The number of aliphatic hydroxyl groups excluding tert-OH is 1. The van der Waals surface area contributed by atoms with Crippen LogP contribution in [0.15, 0.2) is 24.3 Å². The van der Waals surface area contributed by atoms with E-state index in [1.54, 1.807) is 0 Å². The Hall–Kier alpha value is -1.09. The van der Waals surface area contributed by atoms with Gasteiger partial charge in [-0.15, -0.1) is 0 Å². The number of aliphatic hydroxyl groups is 1. The minimum absolute atomic E-state index is 0.188. The third kappa shape index (κ3) is 5.05. The lowest BCUT2D eigenvalue weighted by atomic mass is 9.91. The second-order valence-electron chi connectivity index (χ2n) is 5.00. The number of carboxylic acid groups (broad SMARTS) is 1. The van der Waals surface area contributed by atoms with E-state index in [1.807, 2.05) is 13.0 Å². The van der Waals surface area contributed by atoms with Crippen molar-refractivity contribution in [1.82, 2.24) is 0 Å². The molecule has 0 radical (unpaired) electrons. The van der Waals surface area contributed by atoms with Gasteiger partial charge >= 0.3 is 5.97 Å². The van der Waals surface area contributed by atoms with Gasteiger partial charge in [0.2, 0.25) is 0 Å². The van der Waals surface area contributed by atoms with Gasteiger partial charge in [0.15, 0.2) is 0 Å². The van der Waals surface area contributed by atoms with Crippen molar-refractivity contribution in [2.75, 3.05) is 0 Å². The molecule has 1 aliphatic carbocycles. The summed E-state index contributed by atoms with van der Waals surface area (Å²) in [5.74, 6) is 0.0982. The summed E-state index contributed by atoms with van der Waals surface area (Å²) < 4.78 is 0. The van der Waals surface area contributed by atoms with E-state index in [4.69, 9.17) is 5.11 Å². The fraction of sp³-hybridized carbons (Fsp3) is 0.667. The first-order valence-electron chi connectivity index (χ1n) is 6.82. The zero-order chi connectivity index (χ0) is 13.4. The first-order valence-corrected chi connectivity index (χ1v) is 6.82. The van der Waals surface area contributed by atoms with Gasteiger partial charge in [0.05, 0.1) is 6.10 Å². The van der Waals surface area contributed by atoms with E-state index >= 15 is 0 Å². The molecule has 18 heavy (non-hydrogen) atoms. The van der Waals surface area contributed by atoms with E-state index < -0.39 is 5.97 Å². The minimum atomic E-state index is -0.726. The third-order valence-electron chi connectivity index (χ3n) is 3.60. The molecule has 2 N–H and O–H groups in total. The van der Waals surface area contributed by atoms with Gasteiger partial charge in [-0.2, -0.15) is 0 Å². The average Bonchev–Trinajstić information content (AvgIpc) is 2.66. The van der Waals surface area contributed by atoms with Crippen LogP contribution in [0.1, 0.15) is 45.4 Å². The highest BCUT2D eigenvalue weighted by Crippen LogP contribution is 2.35. The van der Waals surface area contributed by atoms with Crippen molar-refractivity contribution in [2.24, 2.45) is 11.8 Å². The fourth-order valence-electron chi connectivity index (χ4n) is 2.63. The largest absolute Gasteiger partial charge is 0.481 e. The predicted molar refractivity (Wildman–Crippen MR) is 72.3 cm³/mol. The minimum Gasteiger partial charge on any atom is -0.481 e. The van der Waals surface area contributed by atoms with E-state index in [0.29, 0.717) is 18.3 Å². The van der Waals surface area contributed by atoms with Crippen molar-refractivity contribution in [2.45, 2.75) is 51.6 Å². The molecule has 1 saturated carbocycles. The summed E-state index contributed by atoms with van der Waals surface area (Å²) in [7, 11) is 0. The maximum atomic E-state index is 10.3. The van der Waals surface area contributed by atoms with Crippen LogP contribution in [0.5, 0.6) is 0 Å². The topological polar surface area (TPSA) is 57.5 Å². The Labute approximate surface area is 109 Å². The first-order chi connectivity index (χ1) is 8.65. The highest BCUT2D eigenvalue weighted by atomic mass is 16.4. The average molecular weight is 252 g/mol. The Morgan fingerprint density at radius 2 is 2.11 bits per heavy atom. The highest BCUT2D eigenvalue weighted by Gasteiger charge is 2.31. The van der Waals surface area contributed by atoms with Crippen LogP contribution in [-0.4, -0.2) is 22.3 Å². The van der Waals surface area contributed by atoms with Crippen LogP contribution in [-0.2, 0) is 4.79 Å². The number of rotatable bonds is 7. The van der Waals surface area contributed by atoms with Crippen LogP contribution in [0, 0.1) is 11.8 Å². The molecule has 3 atom stereocenters. The zero-order valence-corrected chi connectivity index (χ0v) is 11.1. The molecule has 0 aromatic carbocycles. The van der Waals surface area contributed by atoms with Gasteiger partial charge in [0, 0.05) is 12.3 Å². The molecule has 1 rings (SSSR count). The molecule has 102 valence electrons. The number of allylic oxidation sites excluding steroid dienone is 3. The zero-order valence-electron chi connectivity index (χ0n) is 11.1. The van der Waals surface area contributed by atoms with Gasteiger partial charge in [0.25, 0.3) is 0 Å².